The van der Waals surface area contributed by atoms with Crippen molar-refractivity contribution in [1.82, 2.24) is 0 Å². The van der Waals surface area contributed by atoms with Crippen molar-refractivity contribution in [3.05, 3.63) is 58.7 Å². The van der Waals surface area contributed by atoms with Crippen molar-refractivity contribution in [2.45, 2.75) is 0 Å². The van der Waals surface area contributed by atoms with Crippen molar-refractivity contribution in [3.63, 3.8) is 0 Å². The van der Waals surface area contributed by atoms with Gasteiger partial charge in [0, 0.05) is 11.1 Å². The summed E-state index contributed by atoms with van der Waals surface area (Å²) in [6, 6.07) is 6.62. The molecule has 184 valence electrons. The van der Waals surface area contributed by atoms with Crippen LogP contribution in [0.15, 0.2) is 36.4 Å². The smallest absolute Gasteiger partial charge is 0.336 e. The van der Waals surface area contributed by atoms with Crippen molar-refractivity contribution in [1.29, 1.82) is 0 Å². The van der Waals surface area contributed by atoms with Gasteiger partial charge in [0.1, 0.15) is 39.3 Å². The molecule has 12 heteroatoms. The lowest BCUT2D eigenvalue weighted by atomic mass is 9.96. The zero-order valence-electron chi connectivity index (χ0n) is 18.1. The largest absolute Gasteiger partial charge is 0.545 e. The van der Waals surface area contributed by atoms with E-state index in [4.69, 9.17) is 10.2 Å². The highest BCUT2D eigenvalue weighted by molar-refractivity contribution is 6.03. The molecule has 2 aromatic carbocycles. The number of carboxylic acid groups (broad SMARTS) is 4. The topological polar surface area (TPSA) is 227 Å². The lowest BCUT2D eigenvalue weighted by Gasteiger charge is -2.35. The second kappa shape index (κ2) is 11.9. The second-order valence-electron chi connectivity index (χ2n) is 7.71. The molecule has 3 aliphatic rings. The van der Waals surface area contributed by atoms with E-state index < -0.39 is 46.1 Å². The highest BCUT2D eigenvalue weighted by atomic mass is 16.4. The number of carbonyl (C=O) groups is 4. The number of nitrogens with one attached hydrogen (secondary N) is 2. The second-order valence-corrected chi connectivity index (χ2v) is 7.71. The van der Waals surface area contributed by atoms with E-state index in [-0.39, 0.29) is 22.1 Å². The molecule has 34 heavy (non-hydrogen) atoms. The van der Waals surface area contributed by atoms with E-state index in [0.717, 1.165) is 24.3 Å². The lowest BCUT2D eigenvalue weighted by Crippen LogP contribution is -3.35. The van der Waals surface area contributed by atoms with Crippen LogP contribution < -0.4 is 20.0 Å². The highest BCUT2D eigenvalue weighted by Crippen LogP contribution is 2.25. The van der Waals surface area contributed by atoms with Gasteiger partial charge in [0.15, 0.2) is 0 Å². The van der Waals surface area contributed by atoms with E-state index in [1.165, 1.54) is 51.4 Å². The summed E-state index contributed by atoms with van der Waals surface area (Å²) >= 11 is 0. The van der Waals surface area contributed by atoms with Crippen molar-refractivity contribution >= 4 is 23.9 Å². The number of rotatable bonds is 5. The summed E-state index contributed by atoms with van der Waals surface area (Å²) in [5, 5.41) is 40.0. The van der Waals surface area contributed by atoms with Crippen LogP contribution in [0, 0.1) is 0 Å². The Labute approximate surface area is 193 Å². The first-order chi connectivity index (χ1) is 15.2. The van der Waals surface area contributed by atoms with Crippen molar-refractivity contribution < 1.29 is 60.4 Å². The van der Waals surface area contributed by atoms with Gasteiger partial charge >= 0.3 is 11.9 Å². The lowest BCUT2D eigenvalue weighted by molar-refractivity contribution is -1.06. The average molecular weight is 478 g/mol. The Balaban J connectivity index is 0.000000484. The number of carboxylic acids is 4. The molecule has 8 N–H and O–H groups in total. The van der Waals surface area contributed by atoms with Gasteiger partial charge in [-0.25, -0.2) is 9.59 Å². The molecule has 0 spiro atoms. The molecule has 2 bridgehead atoms. The van der Waals surface area contributed by atoms with E-state index in [2.05, 4.69) is 0 Å². The van der Waals surface area contributed by atoms with Gasteiger partial charge in [-0.3, -0.25) is 0 Å². The summed E-state index contributed by atoms with van der Waals surface area (Å²) in [4.78, 5) is 47.8. The molecule has 2 aromatic rings. The molecule has 3 fully saturated rings. The summed E-state index contributed by atoms with van der Waals surface area (Å²) < 4.78 is 0. The molecule has 3 heterocycles. The summed E-state index contributed by atoms with van der Waals surface area (Å²) in [5.74, 6) is -6.34. The number of piperazine rings is 3. The fraction of sp³-hybridized carbons (Fsp3) is 0.273. The number of carbonyl (C=O) groups excluding carboxylic acids is 2. The zero-order chi connectivity index (χ0) is 23.4. The fourth-order valence-corrected chi connectivity index (χ4v) is 3.97. The number of benzene rings is 2. The van der Waals surface area contributed by atoms with Crippen LogP contribution >= 0.6 is 0 Å². The maximum atomic E-state index is 11.1. The zero-order valence-corrected chi connectivity index (χ0v) is 18.1. The molecule has 0 unspecified atom stereocenters. The third-order valence-corrected chi connectivity index (χ3v) is 5.77. The van der Waals surface area contributed by atoms with Crippen LogP contribution in [0.25, 0.3) is 11.1 Å². The average Bonchev–Trinajstić information content (AvgIpc) is 2.79. The first-order valence-corrected chi connectivity index (χ1v) is 10.0. The molecule has 0 atom stereocenters. The van der Waals surface area contributed by atoms with Crippen LogP contribution in [0.3, 0.4) is 0 Å². The maximum absolute atomic E-state index is 11.1. The predicted octanol–water partition coefficient (Wildman–Crippen LogP) is -5.39. The Morgan fingerprint density at radius 1 is 0.588 bits per heavy atom. The third-order valence-electron chi connectivity index (χ3n) is 5.77. The monoisotopic (exact) mass is 478 g/mol. The molecule has 0 radical (unpaired) electrons. The maximum Gasteiger partial charge on any atom is 0.336 e. The van der Waals surface area contributed by atoms with E-state index in [1.807, 2.05) is 9.80 Å². The van der Waals surface area contributed by atoms with Gasteiger partial charge < -0.3 is 50.8 Å². The van der Waals surface area contributed by atoms with Crippen LogP contribution in [-0.4, -0.2) is 84.3 Å². The Morgan fingerprint density at radius 2 is 0.882 bits per heavy atom. The summed E-state index contributed by atoms with van der Waals surface area (Å²) in [6.07, 6.45) is 0. The Bertz CT molecular complexity index is 981. The van der Waals surface area contributed by atoms with Gasteiger partial charge in [-0.05, 0) is 35.4 Å². The van der Waals surface area contributed by atoms with Crippen LogP contribution in [0.2, 0.25) is 0 Å². The van der Waals surface area contributed by atoms with E-state index in [9.17, 15) is 29.4 Å². The van der Waals surface area contributed by atoms with Gasteiger partial charge in [0.05, 0.1) is 23.1 Å². The van der Waals surface area contributed by atoms with E-state index >= 15 is 0 Å². The van der Waals surface area contributed by atoms with E-state index in [1.54, 1.807) is 0 Å². The Hall–Kier alpha value is -3.84. The molecule has 0 amide bonds. The SMILES string of the molecule is C1C[NH+]2CC[NH+]1CC2.O.O.O=C([O-])c1cc(-c2ccc(C(=O)O)c(C(=O)[O-])c2)ccc1C(=O)O. The molecular weight excluding hydrogens is 452 g/mol. The van der Waals surface area contributed by atoms with Crippen molar-refractivity contribution in [2.75, 3.05) is 39.3 Å². The molecule has 12 nitrogen and oxygen atoms in total. The summed E-state index contributed by atoms with van der Waals surface area (Å²) in [6.45, 7) is 8.64. The molecule has 0 aliphatic carbocycles. The molecule has 3 aliphatic heterocycles. The Kier molecular flexibility index (Phi) is 9.83. The van der Waals surface area contributed by atoms with Gasteiger partial charge in [-0.2, -0.15) is 0 Å². The van der Waals surface area contributed by atoms with E-state index in [0.29, 0.717) is 0 Å². The molecule has 0 aromatic heterocycles. The quantitative estimate of drug-likeness (QED) is 0.323. The predicted molar refractivity (Wildman–Crippen MR) is 113 cm³/mol. The van der Waals surface area contributed by atoms with Gasteiger partial charge in [0.25, 0.3) is 0 Å². The number of hydrogen-bond donors (Lipinski definition) is 4. The first-order valence-electron chi connectivity index (χ1n) is 10.0. The highest BCUT2D eigenvalue weighted by Gasteiger charge is 2.29. The molecular formula is C22H26N2O10. The first kappa shape index (κ1) is 28.2. The molecule has 5 rings (SSSR count). The minimum atomic E-state index is -1.71. The summed E-state index contributed by atoms with van der Waals surface area (Å²) in [5.41, 5.74) is -1.78. The van der Waals surface area contributed by atoms with Crippen molar-refractivity contribution in [2.24, 2.45) is 0 Å². The standard InChI is InChI=1S/C16H10O8.C6H12N2.2H2O/c17-13(18)9-3-1-7(5-11(9)15(21)22)8-2-4-10(14(19)20)12(6-8)16(23)24;1-2-8-5-3-7(1)4-6-8;;/h1-6H,(H,17,18)(H,19,20)(H,21,22)(H,23,24);1-6H2;2*1H2. The van der Waals surface area contributed by atoms with Crippen LogP contribution in [0.5, 0.6) is 0 Å². The van der Waals surface area contributed by atoms with Gasteiger partial charge in [0.2, 0.25) is 0 Å². The molecule has 3 saturated heterocycles. The number of fused-ring (bicyclic) bond motifs is 3. The minimum Gasteiger partial charge on any atom is -0.545 e. The van der Waals surface area contributed by atoms with Crippen LogP contribution in [0.4, 0.5) is 0 Å². The Morgan fingerprint density at radius 3 is 1.09 bits per heavy atom. The normalized spacial score (nSPS) is 17.8. The van der Waals surface area contributed by atoms with Gasteiger partial charge in [-0.15, -0.1) is 0 Å². The number of quaternary nitrogens is 2. The van der Waals surface area contributed by atoms with Crippen molar-refractivity contribution in [3.8, 4) is 11.1 Å². The van der Waals surface area contributed by atoms with Crippen LogP contribution in [0.1, 0.15) is 41.4 Å². The minimum absolute atomic E-state index is 0. The number of hydrogen-bond acceptors (Lipinski definition) is 6. The molecule has 0 saturated carbocycles. The number of aromatic carboxylic acids is 4. The fourth-order valence-electron chi connectivity index (χ4n) is 3.97. The van der Waals surface area contributed by atoms with Gasteiger partial charge in [-0.1, -0.05) is 12.1 Å². The summed E-state index contributed by atoms with van der Waals surface area (Å²) in [7, 11) is 0. The van der Waals surface area contributed by atoms with Crippen LogP contribution in [-0.2, 0) is 0 Å². The third kappa shape index (κ3) is 6.36.